The summed E-state index contributed by atoms with van der Waals surface area (Å²) >= 11 is 0. The molecule has 5 aromatic rings. The predicted molar refractivity (Wildman–Crippen MR) is 164 cm³/mol. The number of benzene rings is 5. The van der Waals surface area contributed by atoms with Crippen molar-refractivity contribution in [2.75, 3.05) is 0 Å². The standard InChI is InChI=1S/C38H32/c1-28(29-15-7-3-8-16-29)23-32-26-37-33(25-36(32)31-19-11-5-12-20-31)24-34(30-17-9-4-10-18-30)27-38(37,2)35-21-13-6-14-22-35/h3-26H,27H2,1-2H3. The van der Waals surface area contributed by atoms with Crippen LogP contribution < -0.4 is 0 Å². The van der Waals surface area contributed by atoms with E-state index in [9.17, 15) is 0 Å². The number of fused-ring (bicyclic) bond motifs is 1. The smallest absolute Gasteiger partial charge is 0.0221 e. The average molecular weight is 489 g/mol. The fourth-order valence-electron chi connectivity index (χ4n) is 5.85. The van der Waals surface area contributed by atoms with Crippen LogP contribution in [0, 0.1) is 0 Å². The molecule has 1 aliphatic rings. The van der Waals surface area contributed by atoms with Gasteiger partial charge < -0.3 is 0 Å². The molecule has 5 aromatic carbocycles. The number of rotatable bonds is 5. The third-order valence-electron chi connectivity index (χ3n) is 7.93. The maximum absolute atomic E-state index is 2.45. The van der Waals surface area contributed by atoms with E-state index in [-0.39, 0.29) is 5.41 Å². The monoisotopic (exact) mass is 488 g/mol. The van der Waals surface area contributed by atoms with Gasteiger partial charge in [-0.15, -0.1) is 0 Å². The molecule has 0 amide bonds. The molecule has 184 valence electrons. The van der Waals surface area contributed by atoms with Crippen LogP contribution in [0.4, 0.5) is 0 Å². The van der Waals surface area contributed by atoms with E-state index in [4.69, 9.17) is 0 Å². The number of allylic oxidation sites excluding steroid dienone is 2. The van der Waals surface area contributed by atoms with Gasteiger partial charge in [-0.1, -0.05) is 140 Å². The molecule has 0 aromatic heterocycles. The molecule has 0 fully saturated rings. The molecule has 0 aliphatic heterocycles. The zero-order valence-corrected chi connectivity index (χ0v) is 22.1. The lowest BCUT2D eigenvalue weighted by Crippen LogP contribution is -2.28. The first-order valence-corrected chi connectivity index (χ1v) is 13.4. The normalized spacial score (nSPS) is 17.0. The largest absolute Gasteiger partial charge is 0.0622 e. The van der Waals surface area contributed by atoms with Crippen molar-refractivity contribution in [3.63, 3.8) is 0 Å². The summed E-state index contributed by atoms with van der Waals surface area (Å²) in [5.41, 5.74) is 12.9. The van der Waals surface area contributed by atoms with Gasteiger partial charge in [0, 0.05) is 5.41 Å². The van der Waals surface area contributed by atoms with Crippen molar-refractivity contribution >= 4 is 23.3 Å². The summed E-state index contributed by atoms with van der Waals surface area (Å²) in [7, 11) is 0. The highest BCUT2D eigenvalue weighted by Gasteiger charge is 2.35. The van der Waals surface area contributed by atoms with Crippen LogP contribution in [0.25, 0.3) is 34.4 Å². The molecule has 0 nitrogen and oxygen atoms in total. The van der Waals surface area contributed by atoms with Crippen LogP contribution in [0.3, 0.4) is 0 Å². The fourth-order valence-corrected chi connectivity index (χ4v) is 5.85. The van der Waals surface area contributed by atoms with E-state index in [0.29, 0.717) is 0 Å². The molecule has 0 N–H and O–H groups in total. The summed E-state index contributed by atoms with van der Waals surface area (Å²) in [5.74, 6) is 0. The fraction of sp³-hybridized carbons (Fsp3) is 0.105. The van der Waals surface area contributed by atoms with Crippen molar-refractivity contribution in [3.8, 4) is 11.1 Å². The average Bonchev–Trinajstić information content (AvgIpc) is 2.99. The summed E-state index contributed by atoms with van der Waals surface area (Å²) in [6, 6.07) is 48.2. The molecule has 38 heavy (non-hydrogen) atoms. The molecule has 0 spiro atoms. The van der Waals surface area contributed by atoms with Gasteiger partial charge in [-0.05, 0) is 81.1 Å². The van der Waals surface area contributed by atoms with Crippen LogP contribution in [0.5, 0.6) is 0 Å². The van der Waals surface area contributed by atoms with Gasteiger partial charge >= 0.3 is 0 Å². The summed E-state index contributed by atoms with van der Waals surface area (Å²) < 4.78 is 0. The van der Waals surface area contributed by atoms with E-state index in [2.05, 4.69) is 159 Å². The summed E-state index contributed by atoms with van der Waals surface area (Å²) in [5, 5.41) is 0. The van der Waals surface area contributed by atoms with Gasteiger partial charge in [0.15, 0.2) is 0 Å². The molecule has 0 saturated carbocycles. The second kappa shape index (κ2) is 10.1. The Hall–Kier alpha value is -4.42. The van der Waals surface area contributed by atoms with E-state index in [0.717, 1.165) is 6.42 Å². The second-order valence-corrected chi connectivity index (χ2v) is 10.5. The maximum Gasteiger partial charge on any atom is 0.0221 e. The van der Waals surface area contributed by atoms with Crippen LogP contribution in [0.1, 0.15) is 53.6 Å². The van der Waals surface area contributed by atoms with Crippen molar-refractivity contribution < 1.29 is 0 Å². The molecule has 1 unspecified atom stereocenters. The highest BCUT2D eigenvalue weighted by Crippen LogP contribution is 2.48. The molecular weight excluding hydrogens is 456 g/mol. The number of hydrogen-bond acceptors (Lipinski definition) is 0. The summed E-state index contributed by atoms with van der Waals surface area (Å²) in [4.78, 5) is 0. The van der Waals surface area contributed by atoms with Gasteiger partial charge in [0.05, 0.1) is 0 Å². The van der Waals surface area contributed by atoms with Crippen LogP contribution in [-0.2, 0) is 5.41 Å². The van der Waals surface area contributed by atoms with E-state index in [1.807, 2.05) is 0 Å². The van der Waals surface area contributed by atoms with Gasteiger partial charge in [0.1, 0.15) is 0 Å². The van der Waals surface area contributed by atoms with Crippen molar-refractivity contribution in [1.29, 1.82) is 0 Å². The van der Waals surface area contributed by atoms with Crippen molar-refractivity contribution in [2.24, 2.45) is 0 Å². The Morgan fingerprint density at radius 1 is 0.658 bits per heavy atom. The van der Waals surface area contributed by atoms with Crippen LogP contribution in [-0.4, -0.2) is 0 Å². The zero-order valence-electron chi connectivity index (χ0n) is 22.1. The van der Waals surface area contributed by atoms with Gasteiger partial charge in [-0.25, -0.2) is 0 Å². The van der Waals surface area contributed by atoms with Gasteiger partial charge in [-0.2, -0.15) is 0 Å². The molecule has 6 rings (SSSR count). The first-order valence-electron chi connectivity index (χ1n) is 13.4. The topological polar surface area (TPSA) is 0 Å². The first kappa shape index (κ1) is 23.9. The second-order valence-electron chi connectivity index (χ2n) is 10.5. The lowest BCUT2D eigenvalue weighted by molar-refractivity contribution is 0.583. The third-order valence-corrected chi connectivity index (χ3v) is 7.93. The van der Waals surface area contributed by atoms with Gasteiger partial charge in [0.2, 0.25) is 0 Å². The Kier molecular flexibility index (Phi) is 6.40. The van der Waals surface area contributed by atoms with E-state index in [1.165, 1.54) is 55.7 Å². The van der Waals surface area contributed by atoms with E-state index >= 15 is 0 Å². The van der Waals surface area contributed by atoms with Crippen LogP contribution in [0.2, 0.25) is 0 Å². The van der Waals surface area contributed by atoms with E-state index in [1.54, 1.807) is 0 Å². The van der Waals surface area contributed by atoms with Gasteiger partial charge in [0.25, 0.3) is 0 Å². The third kappa shape index (κ3) is 4.55. The van der Waals surface area contributed by atoms with Gasteiger partial charge in [-0.3, -0.25) is 0 Å². The lowest BCUT2D eigenvalue weighted by atomic mass is 9.65. The minimum atomic E-state index is -0.144. The minimum Gasteiger partial charge on any atom is -0.0622 e. The highest BCUT2D eigenvalue weighted by molar-refractivity contribution is 5.92. The first-order chi connectivity index (χ1) is 18.6. The summed E-state index contributed by atoms with van der Waals surface area (Å²) in [6.45, 7) is 4.63. The predicted octanol–water partition coefficient (Wildman–Crippen LogP) is 10.2. The Morgan fingerprint density at radius 3 is 1.84 bits per heavy atom. The molecule has 0 radical (unpaired) electrons. The Labute approximate surface area is 226 Å². The van der Waals surface area contributed by atoms with Crippen LogP contribution in [0.15, 0.2) is 133 Å². The molecule has 1 atom stereocenters. The molecule has 1 aliphatic carbocycles. The van der Waals surface area contributed by atoms with Crippen LogP contribution >= 0.6 is 0 Å². The minimum absolute atomic E-state index is 0.144. The number of hydrogen-bond donors (Lipinski definition) is 0. The maximum atomic E-state index is 2.45. The molecular formula is C38H32. The molecule has 0 saturated heterocycles. The lowest BCUT2D eigenvalue weighted by Gasteiger charge is -2.37. The SMILES string of the molecule is CC(=Cc1cc2c(cc1-c1ccccc1)C=C(c1ccccc1)CC2(C)c1ccccc1)c1ccccc1. The molecule has 0 heterocycles. The quantitative estimate of drug-likeness (QED) is 0.216. The Bertz CT molecular complexity index is 1610. The Balaban J connectivity index is 1.61. The molecule has 0 bridgehead atoms. The Morgan fingerprint density at radius 2 is 1.21 bits per heavy atom. The zero-order chi connectivity index (χ0) is 26.0. The van der Waals surface area contributed by atoms with Crippen molar-refractivity contribution in [1.82, 2.24) is 0 Å². The van der Waals surface area contributed by atoms with Crippen molar-refractivity contribution in [2.45, 2.75) is 25.7 Å². The highest BCUT2D eigenvalue weighted by atomic mass is 14.4. The summed E-state index contributed by atoms with van der Waals surface area (Å²) in [6.07, 6.45) is 5.73. The van der Waals surface area contributed by atoms with E-state index < -0.39 is 0 Å². The van der Waals surface area contributed by atoms with Crippen molar-refractivity contribution in [3.05, 3.63) is 167 Å². The molecule has 0 heteroatoms.